The molecule has 1 heterocycles. The molecule has 1 saturated heterocycles. The smallest absolute Gasteiger partial charge is 0.335 e. The molecule has 114 valence electrons. The molecule has 1 aliphatic rings. The summed E-state index contributed by atoms with van der Waals surface area (Å²) < 4.78 is 0. The van der Waals surface area contributed by atoms with Gasteiger partial charge in [0.2, 0.25) is 5.91 Å². The Labute approximate surface area is 129 Å². The average Bonchev–Trinajstić information content (AvgIpc) is 2.48. The molecule has 0 aliphatic carbocycles. The van der Waals surface area contributed by atoms with E-state index in [2.05, 4.69) is 6.92 Å². The first-order valence-corrected chi connectivity index (χ1v) is 8.39. The van der Waals surface area contributed by atoms with Crippen LogP contribution in [0.15, 0.2) is 24.3 Å². The van der Waals surface area contributed by atoms with E-state index in [9.17, 15) is 9.59 Å². The van der Waals surface area contributed by atoms with Crippen LogP contribution >= 0.6 is 11.8 Å². The molecule has 21 heavy (non-hydrogen) atoms. The maximum Gasteiger partial charge on any atom is 0.335 e. The fourth-order valence-electron chi connectivity index (χ4n) is 2.40. The lowest BCUT2D eigenvalue weighted by atomic mass is 9.99. The zero-order valence-electron chi connectivity index (χ0n) is 12.2. The fraction of sp³-hybridized carbons (Fsp3) is 0.500. The number of benzene rings is 1. The van der Waals surface area contributed by atoms with Crippen LogP contribution in [-0.4, -0.2) is 40.7 Å². The highest BCUT2D eigenvalue weighted by Gasteiger charge is 2.19. The first-order chi connectivity index (χ1) is 10.1. The molecule has 5 heteroatoms. The predicted octanol–water partition coefficient (Wildman–Crippen LogP) is 2.88. The van der Waals surface area contributed by atoms with E-state index in [0.29, 0.717) is 17.1 Å². The van der Waals surface area contributed by atoms with Gasteiger partial charge in [0.25, 0.3) is 0 Å². The topological polar surface area (TPSA) is 57.6 Å². The van der Waals surface area contributed by atoms with Crippen LogP contribution in [-0.2, 0) is 10.5 Å². The quantitative estimate of drug-likeness (QED) is 0.909. The van der Waals surface area contributed by atoms with Gasteiger partial charge in [-0.2, -0.15) is 0 Å². The third kappa shape index (κ3) is 4.77. The molecule has 4 nitrogen and oxygen atoms in total. The lowest BCUT2D eigenvalue weighted by Crippen LogP contribution is -2.38. The number of piperidine rings is 1. The van der Waals surface area contributed by atoms with Gasteiger partial charge in [-0.3, -0.25) is 4.79 Å². The molecule has 1 fully saturated rings. The van der Waals surface area contributed by atoms with E-state index in [0.717, 1.165) is 37.4 Å². The zero-order chi connectivity index (χ0) is 15.2. The number of rotatable bonds is 5. The van der Waals surface area contributed by atoms with Crippen molar-refractivity contribution in [3.05, 3.63) is 35.4 Å². The number of thioether (sulfide) groups is 1. The van der Waals surface area contributed by atoms with Crippen LogP contribution in [0.3, 0.4) is 0 Å². The predicted molar refractivity (Wildman–Crippen MR) is 84.5 cm³/mol. The highest BCUT2D eigenvalue weighted by Crippen LogP contribution is 2.18. The Morgan fingerprint density at radius 2 is 2.05 bits per heavy atom. The minimum absolute atomic E-state index is 0.196. The molecule has 0 saturated carbocycles. The second kappa shape index (κ2) is 7.50. The molecule has 1 N–H and O–H groups in total. The number of aromatic carboxylic acids is 1. The molecular weight excluding hydrogens is 286 g/mol. The van der Waals surface area contributed by atoms with Crippen molar-refractivity contribution in [3.63, 3.8) is 0 Å². The largest absolute Gasteiger partial charge is 0.478 e. The van der Waals surface area contributed by atoms with Crippen molar-refractivity contribution in [2.24, 2.45) is 5.92 Å². The lowest BCUT2D eigenvalue weighted by Gasteiger charge is -2.30. The van der Waals surface area contributed by atoms with Crippen molar-refractivity contribution in [2.45, 2.75) is 25.5 Å². The number of carbonyl (C=O) groups is 2. The van der Waals surface area contributed by atoms with Crippen LogP contribution in [0.1, 0.15) is 35.7 Å². The van der Waals surface area contributed by atoms with Crippen molar-refractivity contribution in [3.8, 4) is 0 Å². The van der Waals surface area contributed by atoms with Crippen LogP contribution in [0.2, 0.25) is 0 Å². The number of carboxylic acid groups (broad SMARTS) is 1. The van der Waals surface area contributed by atoms with E-state index in [4.69, 9.17) is 5.11 Å². The number of likely N-dealkylation sites (tertiary alicyclic amines) is 1. The summed E-state index contributed by atoms with van der Waals surface area (Å²) >= 11 is 1.55. The first kappa shape index (κ1) is 15.9. The van der Waals surface area contributed by atoms with Crippen molar-refractivity contribution in [1.29, 1.82) is 0 Å². The van der Waals surface area contributed by atoms with Crippen LogP contribution < -0.4 is 0 Å². The molecule has 0 spiro atoms. The molecule has 1 aromatic rings. The Kier molecular flexibility index (Phi) is 5.67. The van der Waals surface area contributed by atoms with E-state index in [1.165, 1.54) is 0 Å². The monoisotopic (exact) mass is 307 g/mol. The van der Waals surface area contributed by atoms with E-state index >= 15 is 0 Å². The SMILES string of the molecule is CC1CCN(C(=O)CSCc2cccc(C(=O)O)c2)CC1. The summed E-state index contributed by atoms with van der Waals surface area (Å²) in [4.78, 5) is 24.9. The Bertz CT molecular complexity index is 510. The second-order valence-electron chi connectivity index (χ2n) is 5.56. The summed E-state index contributed by atoms with van der Waals surface area (Å²) in [6, 6.07) is 6.89. The number of carboxylic acids is 1. The maximum atomic E-state index is 12.1. The zero-order valence-corrected chi connectivity index (χ0v) is 13.1. The van der Waals surface area contributed by atoms with E-state index in [1.807, 2.05) is 11.0 Å². The molecule has 1 aliphatic heterocycles. The molecule has 1 amide bonds. The van der Waals surface area contributed by atoms with Gasteiger partial charge < -0.3 is 10.0 Å². The average molecular weight is 307 g/mol. The van der Waals surface area contributed by atoms with Crippen molar-refractivity contribution >= 4 is 23.6 Å². The van der Waals surface area contributed by atoms with Crippen molar-refractivity contribution in [1.82, 2.24) is 4.90 Å². The molecule has 0 bridgehead atoms. The van der Waals surface area contributed by atoms with E-state index in [-0.39, 0.29) is 5.91 Å². The van der Waals surface area contributed by atoms with Gasteiger partial charge in [0.15, 0.2) is 0 Å². The van der Waals surface area contributed by atoms with Crippen molar-refractivity contribution in [2.75, 3.05) is 18.8 Å². The van der Waals surface area contributed by atoms with Gasteiger partial charge >= 0.3 is 5.97 Å². The summed E-state index contributed by atoms with van der Waals surface area (Å²) in [6.45, 7) is 3.97. The third-order valence-electron chi connectivity index (χ3n) is 3.80. The maximum absolute atomic E-state index is 12.1. The second-order valence-corrected chi connectivity index (χ2v) is 6.55. The molecular formula is C16H21NO3S. The minimum Gasteiger partial charge on any atom is -0.478 e. The van der Waals surface area contributed by atoms with Gasteiger partial charge in [0.1, 0.15) is 0 Å². The fourth-order valence-corrected chi connectivity index (χ4v) is 3.27. The van der Waals surface area contributed by atoms with Crippen molar-refractivity contribution < 1.29 is 14.7 Å². The van der Waals surface area contributed by atoms with Crippen LogP contribution in [0.25, 0.3) is 0 Å². The van der Waals surface area contributed by atoms with Gasteiger partial charge in [0, 0.05) is 18.8 Å². The van der Waals surface area contributed by atoms with Gasteiger partial charge in [-0.25, -0.2) is 4.79 Å². The molecule has 0 radical (unpaired) electrons. The number of hydrogen-bond acceptors (Lipinski definition) is 3. The van der Waals surface area contributed by atoms with Crippen LogP contribution in [0.5, 0.6) is 0 Å². The number of hydrogen-bond donors (Lipinski definition) is 1. The van der Waals surface area contributed by atoms with Crippen LogP contribution in [0, 0.1) is 5.92 Å². The Morgan fingerprint density at radius 3 is 2.71 bits per heavy atom. The number of carbonyl (C=O) groups excluding carboxylic acids is 1. The Balaban J connectivity index is 1.77. The van der Waals surface area contributed by atoms with E-state index in [1.54, 1.807) is 30.0 Å². The molecule has 0 atom stereocenters. The molecule has 0 unspecified atom stereocenters. The summed E-state index contributed by atoms with van der Waals surface area (Å²) in [5.74, 6) is 1.13. The summed E-state index contributed by atoms with van der Waals surface area (Å²) in [5.41, 5.74) is 1.24. The highest BCUT2D eigenvalue weighted by molar-refractivity contribution is 7.99. The van der Waals surface area contributed by atoms with Gasteiger partial charge in [-0.05, 0) is 36.5 Å². The van der Waals surface area contributed by atoms with Gasteiger partial charge in [0.05, 0.1) is 11.3 Å². The Morgan fingerprint density at radius 1 is 1.33 bits per heavy atom. The lowest BCUT2D eigenvalue weighted by molar-refractivity contribution is -0.129. The molecule has 0 aromatic heterocycles. The van der Waals surface area contributed by atoms with Crippen LogP contribution in [0.4, 0.5) is 0 Å². The molecule has 1 aromatic carbocycles. The normalized spacial score (nSPS) is 16.0. The van der Waals surface area contributed by atoms with E-state index < -0.39 is 5.97 Å². The number of amides is 1. The minimum atomic E-state index is -0.916. The third-order valence-corrected chi connectivity index (χ3v) is 4.79. The first-order valence-electron chi connectivity index (χ1n) is 7.24. The summed E-state index contributed by atoms with van der Waals surface area (Å²) in [7, 11) is 0. The Hall–Kier alpha value is -1.49. The summed E-state index contributed by atoms with van der Waals surface area (Å²) in [6.07, 6.45) is 2.19. The van der Waals surface area contributed by atoms with Gasteiger partial charge in [-0.15, -0.1) is 11.8 Å². The number of nitrogens with zero attached hydrogens (tertiary/aromatic N) is 1. The van der Waals surface area contributed by atoms with Gasteiger partial charge in [-0.1, -0.05) is 19.1 Å². The summed E-state index contributed by atoms with van der Waals surface area (Å²) in [5, 5.41) is 8.95. The standard InChI is InChI=1S/C16H21NO3S/c1-12-5-7-17(8-6-12)15(18)11-21-10-13-3-2-4-14(9-13)16(19)20/h2-4,9,12H,5-8,10-11H2,1H3,(H,19,20). The highest BCUT2D eigenvalue weighted by atomic mass is 32.2. The molecule has 2 rings (SSSR count).